The van der Waals surface area contributed by atoms with Gasteiger partial charge in [0.2, 0.25) is 11.8 Å². The van der Waals surface area contributed by atoms with Gasteiger partial charge in [0.15, 0.2) is 0 Å². The molecule has 0 aromatic heterocycles. The largest absolute Gasteiger partial charge is 0.355 e. The van der Waals surface area contributed by atoms with Crippen LogP contribution >= 0.6 is 0 Å². The van der Waals surface area contributed by atoms with Crippen LogP contribution in [0.4, 0.5) is 0 Å². The molecule has 0 rings (SSSR count). The van der Waals surface area contributed by atoms with E-state index in [1.54, 1.807) is 6.92 Å². The second-order valence-corrected chi connectivity index (χ2v) is 4.78. The number of carbonyl (C=O) groups is 2. The molecule has 2 amide bonds. The van der Waals surface area contributed by atoms with Crippen LogP contribution in [-0.2, 0) is 9.59 Å². The molecule has 17 heavy (non-hydrogen) atoms. The lowest BCUT2D eigenvalue weighted by atomic mass is 10.0. The molecule has 0 aliphatic carbocycles. The molecule has 5 heteroatoms. The molecule has 0 saturated carbocycles. The van der Waals surface area contributed by atoms with Gasteiger partial charge in [0.1, 0.15) is 0 Å². The molecule has 0 aliphatic heterocycles. The maximum Gasteiger partial charge on any atom is 0.237 e. The van der Waals surface area contributed by atoms with Gasteiger partial charge in [-0.05, 0) is 34.1 Å². The second-order valence-electron chi connectivity index (χ2n) is 4.78. The molecule has 100 valence electrons. The summed E-state index contributed by atoms with van der Waals surface area (Å²) in [6, 6.07) is -0.372. The van der Waals surface area contributed by atoms with Crippen molar-refractivity contribution in [2.45, 2.75) is 52.6 Å². The first-order chi connectivity index (χ1) is 7.82. The number of rotatable bonds is 7. The van der Waals surface area contributed by atoms with Gasteiger partial charge in [-0.25, -0.2) is 0 Å². The van der Waals surface area contributed by atoms with Crippen molar-refractivity contribution < 1.29 is 9.59 Å². The van der Waals surface area contributed by atoms with Gasteiger partial charge in [0.05, 0.1) is 12.6 Å². The monoisotopic (exact) mass is 243 g/mol. The highest BCUT2D eigenvalue weighted by atomic mass is 16.2. The van der Waals surface area contributed by atoms with E-state index in [-0.39, 0.29) is 29.9 Å². The van der Waals surface area contributed by atoms with E-state index in [0.29, 0.717) is 6.54 Å². The summed E-state index contributed by atoms with van der Waals surface area (Å²) in [6.07, 6.45) is 0.863. The van der Waals surface area contributed by atoms with Gasteiger partial charge in [0, 0.05) is 12.1 Å². The standard InChI is InChI=1S/C12H25N3O2/c1-6-12(4,5)15-11(17)9(3)14-8-10(16)13-7-2/h9,14H,6-8H2,1-5H3,(H,13,16)(H,15,17). The first-order valence-corrected chi connectivity index (χ1v) is 6.14. The molecule has 0 radical (unpaired) electrons. The van der Waals surface area contributed by atoms with Crippen LogP contribution in [0.5, 0.6) is 0 Å². The SMILES string of the molecule is CCNC(=O)CNC(C)C(=O)NC(C)(C)CC. The van der Waals surface area contributed by atoms with E-state index in [1.165, 1.54) is 0 Å². The van der Waals surface area contributed by atoms with Gasteiger partial charge in [0.25, 0.3) is 0 Å². The van der Waals surface area contributed by atoms with Crippen molar-refractivity contribution in [1.29, 1.82) is 0 Å². The smallest absolute Gasteiger partial charge is 0.237 e. The predicted molar refractivity (Wildman–Crippen MR) is 68.7 cm³/mol. The van der Waals surface area contributed by atoms with Crippen LogP contribution in [0.2, 0.25) is 0 Å². The Balaban J connectivity index is 4.02. The van der Waals surface area contributed by atoms with Gasteiger partial charge in [-0.1, -0.05) is 6.92 Å². The summed E-state index contributed by atoms with van der Waals surface area (Å²) < 4.78 is 0. The minimum absolute atomic E-state index is 0.0823. The molecule has 0 aliphatic rings. The molecule has 1 atom stereocenters. The second kappa shape index (κ2) is 7.27. The average Bonchev–Trinajstić information content (AvgIpc) is 2.25. The summed E-state index contributed by atoms with van der Waals surface area (Å²) >= 11 is 0. The zero-order valence-electron chi connectivity index (χ0n) is 11.5. The number of likely N-dealkylation sites (N-methyl/N-ethyl adjacent to an activating group) is 1. The highest BCUT2D eigenvalue weighted by molar-refractivity contribution is 5.83. The van der Waals surface area contributed by atoms with Crippen LogP contribution in [0.15, 0.2) is 0 Å². The van der Waals surface area contributed by atoms with Crippen molar-refractivity contribution in [2.24, 2.45) is 0 Å². The minimum Gasteiger partial charge on any atom is -0.355 e. The predicted octanol–water partition coefficient (Wildman–Crippen LogP) is 0.405. The average molecular weight is 243 g/mol. The minimum atomic E-state index is -0.372. The van der Waals surface area contributed by atoms with Crippen molar-refractivity contribution in [3.8, 4) is 0 Å². The first kappa shape index (κ1) is 15.9. The number of carbonyl (C=O) groups excluding carboxylic acids is 2. The van der Waals surface area contributed by atoms with Gasteiger partial charge in [-0.15, -0.1) is 0 Å². The highest BCUT2D eigenvalue weighted by Gasteiger charge is 2.21. The van der Waals surface area contributed by atoms with Crippen LogP contribution in [-0.4, -0.2) is 36.5 Å². The third-order valence-electron chi connectivity index (χ3n) is 2.68. The summed E-state index contributed by atoms with van der Waals surface area (Å²) in [5.74, 6) is -0.178. The van der Waals surface area contributed by atoms with Gasteiger partial charge in [-0.2, -0.15) is 0 Å². The topological polar surface area (TPSA) is 70.2 Å². The van der Waals surface area contributed by atoms with Crippen molar-refractivity contribution in [3.63, 3.8) is 0 Å². The Hall–Kier alpha value is -1.10. The summed E-state index contributed by atoms with van der Waals surface area (Å²) in [5, 5.41) is 8.48. The molecular weight excluding hydrogens is 218 g/mol. The van der Waals surface area contributed by atoms with Crippen molar-refractivity contribution in [3.05, 3.63) is 0 Å². The highest BCUT2D eigenvalue weighted by Crippen LogP contribution is 2.06. The lowest BCUT2D eigenvalue weighted by Crippen LogP contribution is -2.52. The lowest BCUT2D eigenvalue weighted by Gasteiger charge is -2.26. The Morgan fingerprint density at radius 2 is 1.82 bits per heavy atom. The third-order valence-corrected chi connectivity index (χ3v) is 2.68. The number of amides is 2. The molecule has 5 nitrogen and oxygen atoms in total. The van der Waals surface area contributed by atoms with Gasteiger partial charge in [-0.3, -0.25) is 14.9 Å². The van der Waals surface area contributed by atoms with E-state index >= 15 is 0 Å². The third kappa shape index (κ3) is 6.94. The number of nitrogens with one attached hydrogen (secondary N) is 3. The Labute approximate surface area is 104 Å². The van der Waals surface area contributed by atoms with Crippen LogP contribution in [0.1, 0.15) is 41.0 Å². The molecule has 0 aromatic carbocycles. The lowest BCUT2D eigenvalue weighted by molar-refractivity contribution is -0.124. The molecule has 3 N–H and O–H groups in total. The fraction of sp³-hybridized carbons (Fsp3) is 0.833. The maximum absolute atomic E-state index is 11.8. The van der Waals surface area contributed by atoms with Crippen LogP contribution in [0, 0.1) is 0 Å². The Bertz CT molecular complexity index is 264. The molecule has 0 aromatic rings. The number of hydrogen-bond acceptors (Lipinski definition) is 3. The van der Waals surface area contributed by atoms with Crippen molar-refractivity contribution in [1.82, 2.24) is 16.0 Å². The molecule has 0 bridgehead atoms. The summed E-state index contributed by atoms with van der Waals surface area (Å²) in [7, 11) is 0. The Kier molecular flexibility index (Phi) is 6.80. The summed E-state index contributed by atoms with van der Waals surface area (Å²) in [5.41, 5.74) is -0.210. The van der Waals surface area contributed by atoms with E-state index in [0.717, 1.165) is 6.42 Å². The molecular formula is C12H25N3O2. The Morgan fingerprint density at radius 1 is 1.24 bits per heavy atom. The van der Waals surface area contributed by atoms with Gasteiger partial charge < -0.3 is 10.6 Å². The van der Waals surface area contributed by atoms with E-state index in [2.05, 4.69) is 16.0 Å². The van der Waals surface area contributed by atoms with Crippen LogP contribution < -0.4 is 16.0 Å². The van der Waals surface area contributed by atoms with Crippen molar-refractivity contribution >= 4 is 11.8 Å². The van der Waals surface area contributed by atoms with Crippen LogP contribution in [0.25, 0.3) is 0 Å². The fourth-order valence-electron chi connectivity index (χ4n) is 1.13. The maximum atomic E-state index is 11.8. The summed E-state index contributed by atoms with van der Waals surface area (Å²) in [6.45, 7) is 10.3. The Morgan fingerprint density at radius 3 is 2.29 bits per heavy atom. The van der Waals surface area contributed by atoms with E-state index in [1.807, 2.05) is 27.7 Å². The normalized spacial score (nSPS) is 13.0. The van der Waals surface area contributed by atoms with Crippen molar-refractivity contribution in [2.75, 3.05) is 13.1 Å². The van der Waals surface area contributed by atoms with E-state index in [4.69, 9.17) is 0 Å². The quantitative estimate of drug-likeness (QED) is 0.606. The van der Waals surface area contributed by atoms with E-state index < -0.39 is 0 Å². The molecule has 0 spiro atoms. The number of hydrogen-bond donors (Lipinski definition) is 3. The first-order valence-electron chi connectivity index (χ1n) is 6.14. The molecule has 0 heterocycles. The molecule has 0 fully saturated rings. The molecule has 1 unspecified atom stereocenters. The zero-order valence-corrected chi connectivity index (χ0v) is 11.5. The van der Waals surface area contributed by atoms with Crippen LogP contribution in [0.3, 0.4) is 0 Å². The molecule has 0 saturated heterocycles. The zero-order chi connectivity index (χ0) is 13.5. The summed E-state index contributed by atoms with van der Waals surface area (Å²) in [4.78, 5) is 23.0. The van der Waals surface area contributed by atoms with Gasteiger partial charge >= 0.3 is 0 Å². The fourth-order valence-corrected chi connectivity index (χ4v) is 1.13. The van der Waals surface area contributed by atoms with E-state index in [9.17, 15) is 9.59 Å².